The van der Waals surface area contributed by atoms with Gasteiger partial charge in [0.1, 0.15) is 11.1 Å². The second kappa shape index (κ2) is 5.59. The first-order chi connectivity index (χ1) is 10.2. The Balaban J connectivity index is 1.96. The van der Waals surface area contributed by atoms with Gasteiger partial charge in [0.25, 0.3) is 0 Å². The van der Waals surface area contributed by atoms with Gasteiger partial charge in [-0.25, -0.2) is 4.79 Å². The van der Waals surface area contributed by atoms with Gasteiger partial charge < -0.3 is 4.42 Å². The topological polar surface area (TPSA) is 47.3 Å². The highest BCUT2D eigenvalue weighted by Crippen LogP contribution is 2.13. The third-order valence-corrected chi connectivity index (χ3v) is 3.13. The first-order valence-electron chi connectivity index (χ1n) is 6.54. The Morgan fingerprint density at radius 2 is 1.67 bits per heavy atom. The molecule has 3 nitrogen and oxygen atoms in total. The number of ketones is 1. The van der Waals surface area contributed by atoms with Crippen molar-refractivity contribution in [1.29, 1.82) is 0 Å². The lowest BCUT2D eigenvalue weighted by Gasteiger charge is -1.98. The molecule has 3 aromatic rings. The molecule has 0 N–H and O–H groups in total. The molecular weight excluding hydrogens is 264 g/mol. The molecule has 0 radical (unpaired) electrons. The Hall–Kier alpha value is -2.94. The second-order valence-electron chi connectivity index (χ2n) is 4.59. The molecule has 1 heterocycles. The molecule has 0 aliphatic rings. The van der Waals surface area contributed by atoms with E-state index in [0.717, 1.165) is 10.9 Å². The minimum atomic E-state index is -0.614. The van der Waals surface area contributed by atoms with Crippen LogP contribution in [0.5, 0.6) is 0 Å². The molecule has 3 heteroatoms. The average molecular weight is 276 g/mol. The van der Waals surface area contributed by atoms with Gasteiger partial charge in [-0.2, -0.15) is 0 Å². The lowest BCUT2D eigenvalue weighted by molar-refractivity contribution is 0.104. The zero-order chi connectivity index (χ0) is 14.7. The summed E-state index contributed by atoms with van der Waals surface area (Å²) in [6, 6.07) is 18.1. The van der Waals surface area contributed by atoms with E-state index in [1.54, 1.807) is 30.3 Å². The quantitative estimate of drug-likeness (QED) is 0.416. The number of hydrogen-bond acceptors (Lipinski definition) is 3. The molecule has 2 aromatic carbocycles. The van der Waals surface area contributed by atoms with Crippen LogP contribution in [-0.4, -0.2) is 5.78 Å². The third-order valence-electron chi connectivity index (χ3n) is 3.13. The lowest BCUT2D eigenvalue weighted by atomic mass is 10.1. The predicted octanol–water partition coefficient (Wildman–Crippen LogP) is 3.69. The normalized spacial score (nSPS) is 11.0. The van der Waals surface area contributed by atoms with Crippen LogP contribution in [0.3, 0.4) is 0 Å². The van der Waals surface area contributed by atoms with E-state index in [2.05, 4.69) is 0 Å². The first kappa shape index (κ1) is 13.1. The van der Waals surface area contributed by atoms with Crippen LogP contribution in [0.2, 0.25) is 0 Å². The molecule has 0 saturated heterocycles. The summed E-state index contributed by atoms with van der Waals surface area (Å²) < 4.78 is 5.16. The minimum absolute atomic E-state index is 0.0425. The van der Waals surface area contributed by atoms with Crippen molar-refractivity contribution >= 4 is 22.8 Å². The number of fused-ring (bicyclic) bond motifs is 1. The first-order valence-corrected chi connectivity index (χ1v) is 6.54. The van der Waals surface area contributed by atoms with Crippen LogP contribution < -0.4 is 5.63 Å². The highest BCUT2D eigenvalue weighted by Gasteiger charge is 2.10. The average Bonchev–Trinajstić information content (AvgIpc) is 2.53. The van der Waals surface area contributed by atoms with Gasteiger partial charge in [0, 0.05) is 5.39 Å². The van der Waals surface area contributed by atoms with Crippen molar-refractivity contribution in [2.75, 3.05) is 0 Å². The van der Waals surface area contributed by atoms with Crippen molar-refractivity contribution in [2.24, 2.45) is 0 Å². The molecule has 102 valence electrons. The van der Waals surface area contributed by atoms with Gasteiger partial charge >= 0.3 is 5.63 Å². The van der Waals surface area contributed by atoms with E-state index in [0.29, 0.717) is 5.58 Å². The zero-order valence-corrected chi connectivity index (χ0v) is 11.2. The van der Waals surface area contributed by atoms with Crippen LogP contribution in [0.1, 0.15) is 15.9 Å². The Labute approximate surface area is 121 Å². The standard InChI is InChI=1S/C18H12O3/c19-16(11-10-13-6-2-1-3-7-13)15-12-14-8-4-5-9-17(14)21-18(15)20/h1-12H/b11-10-. The fraction of sp³-hybridized carbons (Fsp3) is 0. The summed E-state index contributed by atoms with van der Waals surface area (Å²) in [6.07, 6.45) is 3.06. The summed E-state index contributed by atoms with van der Waals surface area (Å²) in [5.74, 6) is -0.363. The van der Waals surface area contributed by atoms with Crippen LogP contribution in [0.25, 0.3) is 17.0 Å². The van der Waals surface area contributed by atoms with Crippen molar-refractivity contribution in [3.63, 3.8) is 0 Å². The van der Waals surface area contributed by atoms with Gasteiger partial charge in [0.2, 0.25) is 0 Å². The minimum Gasteiger partial charge on any atom is -0.422 e. The van der Waals surface area contributed by atoms with Crippen molar-refractivity contribution in [2.45, 2.75) is 0 Å². The smallest absolute Gasteiger partial charge is 0.347 e. The Kier molecular flexibility index (Phi) is 3.48. The summed E-state index contributed by atoms with van der Waals surface area (Å²) in [7, 11) is 0. The fourth-order valence-corrected chi connectivity index (χ4v) is 2.06. The van der Waals surface area contributed by atoms with Crippen LogP contribution >= 0.6 is 0 Å². The van der Waals surface area contributed by atoms with Gasteiger partial charge in [-0.15, -0.1) is 0 Å². The van der Waals surface area contributed by atoms with Crippen molar-refractivity contribution in [3.05, 3.63) is 88.3 Å². The molecule has 0 saturated carbocycles. The van der Waals surface area contributed by atoms with E-state index in [4.69, 9.17) is 4.42 Å². The second-order valence-corrected chi connectivity index (χ2v) is 4.59. The number of hydrogen-bond donors (Lipinski definition) is 0. The number of allylic oxidation sites excluding steroid dienone is 1. The van der Waals surface area contributed by atoms with Crippen molar-refractivity contribution in [1.82, 2.24) is 0 Å². The maximum atomic E-state index is 12.1. The maximum absolute atomic E-state index is 12.1. The van der Waals surface area contributed by atoms with Crippen molar-refractivity contribution in [3.8, 4) is 0 Å². The predicted molar refractivity (Wildman–Crippen MR) is 82.3 cm³/mol. The van der Waals surface area contributed by atoms with Crippen LogP contribution in [0.15, 0.2) is 76.0 Å². The largest absolute Gasteiger partial charge is 0.422 e. The number of benzene rings is 2. The van der Waals surface area contributed by atoms with E-state index in [1.165, 1.54) is 6.08 Å². The lowest BCUT2D eigenvalue weighted by Crippen LogP contribution is -2.11. The van der Waals surface area contributed by atoms with Crippen molar-refractivity contribution < 1.29 is 9.21 Å². The molecule has 0 fully saturated rings. The van der Waals surface area contributed by atoms with E-state index in [1.807, 2.05) is 36.4 Å². The monoisotopic (exact) mass is 276 g/mol. The Morgan fingerprint density at radius 3 is 2.48 bits per heavy atom. The summed E-state index contributed by atoms with van der Waals surface area (Å²) in [5, 5.41) is 0.730. The molecular formula is C18H12O3. The zero-order valence-electron chi connectivity index (χ0n) is 11.2. The molecule has 0 atom stereocenters. The van der Waals surface area contributed by atoms with Gasteiger partial charge in [-0.3, -0.25) is 4.79 Å². The van der Waals surface area contributed by atoms with E-state index in [9.17, 15) is 9.59 Å². The maximum Gasteiger partial charge on any atom is 0.347 e. The highest BCUT2D eigenvalue weighted by molar-refractivity contribution is 6.07. The van der Waals surface area contributed by atoms with Gasteiger partial charge in [-0.1, -0.05) is 54.6 Å². The van der Waals surface area contributed by atoms with Gasteiger partial charge in [0.05, 0.1) is 0 Å². The van der Waals surface area contributed by atoms with Gasteiger partial charge in [-0.05, 0) is 23.8 Å². The molecule has 0 bridgehead atoms. The molecule has 3 rings (SSSR count). The Morgan fingerprint density at radius 1 is 0.952 bits per heavy atom. The number of carbonyl (C=O) groups is 1. The summed E-state index contributed by atoms with van der Waals surface area (Å²) >= 11 is 0. The highest BCUT2D eigenvalue weighted by atomic mass is 16.4. The molecule has 0 spiro atoms. The third kappa shape index (κ3) is 2.82. The number of carbonyl (C=O) groups excluding carboxylic acids is 1. The van der Waals surface area contributed by atoms with E-state index in [-0.39, 0.29) is 11.3 Å². The summed E-state index contributed by atoms with van der Waals surface area (Å²) in [4.78, 5) is 24.0. The number of para-hydroxylation sites is 1. The van der Waals surface area contributed by atoms with Gasteiger partial charge in [0.15, 0.2) is 5.78 Å². The van der Waals surface area contributed by atoms with E-state index >= 15 is 0 Å². The molecule has 0 aliphatic carbocycles. The summed E-state index contributed by atoms with van der Waals surface area (Å²) in [5.41, 5.74) is 0.805. The molecule has 0 amide bonds. The number of rotatable bonds is 3. The fourth-order valence-electron chi connectivity index (χ4n) is 2.06. The molecule has 0 aliphatic heterocycles. The summed E-state index contributed by atoms with van der Waals surface area (Å²) in [6.45, 7) is 0. The van der Waals surface area contributed by atoms with Crippen LogP contribution in [0.4, 0.5) is 0 Å². The molecule has 21 heavy (non-hydrogen) atoms. The van der Waals surface area contributed by atoms with E-state index < -0.39 is 5.63 Å². The van der Waals surface area contributed by atoms with Crippen LogP contribution in [0, 0.1) is 0 Å². The van der Waals surface area contributed by atoms with Crippen LogP contribution in [-0.2, 0) is 0 Å². The SMILES string of the molecule is O=C(/C=C\c1ccccc1)c1cc2ccccc2oc1=O. The molecule has 0 unspecified atom stereocenters. The Bertz CT molecular complexity index is 874. The molecule has 1 aromatic heterocycles.